The van der Waals surface area contributed by atoms with E-state index in [1.165, 1.54) is 4.90 Å². The Kier molecular flexibility index (Phi) is 5.71. The summed E-state index contributed by atoms with van der Waals surface area (Å²) in [4.78, 5) is 1.49. The first kappa shape index (κ1) is 18.3. The van der Waals surface area contributed by atoms with Gasteiger partial charge in [0.1, 0.15) is 0 Å². The van der Waals surface area contributed by atoms with Crippen molar-refractivity contribution in [3.05, 3.63) is 54.1 Å². The molecule has 134 valence electrons. The van der Waals surface area contributed by atoms with Crippen molar-refractivity contribution in [2.24, 2.45) is 0 Å². The summed E-state index contributed by atoms with van der Waals surface area (Å²) >= 11 is 1.70. The predicted octanol–water partition coefficient (Wildman–Crippen LogP) is 4.03. The number of hydrogen-bond donors (Lipinski definition) is 2. The maximum atomic E-state index is 12.8. The van der Waals surface area contributed by atoms with Crippen LogP contribution in [0.1, 0.15) is 25.3 Å². The summed E-state index contributed by atoms with van der Waals surface area (Å²) in [5, 5.41) is 3.55. The number of para-hydroxylation sites is 1. The van der Waals surface area contributed by atoms with Crippen molar-refractivity contribution in [2.45, 2.75) is 48.6 Å². The molecule has 1 heterocycles. The molecule has 0 aromatic heterocycles. The summed E-state index contributed by atoms with van der Waals surface area (Å²) in [6, 6.07) is 15.0. The van der Waals surface area contributed by atoms with Crippen LogP contribution < -0.4 is 10.0 Å². The van der Waals surface area contributed by atoms with Crippen LogP contribution in [0.2, 0.25) is 0 Å². The van der Waals surface area contributed by atoms with Crippen LogP contribution in [0, 0.1) is 6.92 Å². The number of anilines is 1. The summed E-state index contributed by atoms with van der Waals surface area (Å²) in [7, 11) is -3.53. The minimum absolute atomic E-state index is 0.0707. The van der Waals surface area contributed by atoms with E-state index >= 15 is 0 Å². The van der Waals surface area contributed by atoms with Gasteiger partial charge in [-0.05, 0) is 37.6 Å². The number of thioether (sulfide) groups is 1. The molecule has 0 saturated heterocycles. The Labute approximate surface area is 154 Å². The monoisotopic (exact) mass is 376 g/mol. The molecule has 4 nitrogen and oxygen atoms in total. The van der Waals surface area contributed by atoms with Crippen LogP contribution in [0.25, 0.3) is 0 Å². The molecule has 0 unspecified atom stereocenters. The highest BCUT2D eigenvalue weighted by atomic mass is 32.2. The number of fused-ring (bicyclic) bond motifs is 1. The van der Waals surface area contributed by atoms with Gasteiger partial charge in [-0.1, -0.05) is 43.2 Å². The molecular weight excluding hydrogens is 352 g/mol. The van der Waals surface area contributed by atoms with Crippen molar-refractivity contribution in [2.75, 3.05) is 11.1 Å². The van der Waals surface area contributed by atoms with Gasteiger partial charge in [-0.25, -0.2) is 13.1 Å². The highest BCUT2D eigenvalue weighted by Gasteiger charge is 2.29. The summed E-state index contributed by atoms with van der Waals surface area (Å²) in [5.41, 5.74) is 2.13. The fourth-order valence-corrected chi connectivity index (χ4v) is 5.51. The first-order chi connectivity index (χ1) is 12.0. The lowest BCUT2D eigenvalue weighted by molar-refractivity contribution is 0.504. The van der Waals surface area contributed by atoms with Gasteiger partial charge in [-0.15, -0.1) is 11.8 Å². The third-order valence-electron chi connectivity index (χ3n) is 4.37. The molecule has 0 fully saturated rings. The SMILES string of the molecule is CCC[C@H]1Nc2ccccc2SC[C@@H]1NS(=O)(=O)c1ccc(C)cc1. The van der Waals surface area contributed by atoms with Gasteiger partial charge in [0.2, 0.25) is 10.0 Å². The van der Waals surface area contributed by atoms with Crippen LogP contribution >= 0.6 is 11.8 Å². The van der Waals surface area contributed by atoms with Crippen LogP contribution in [-0.2, 0) is 10.0 Å². The zero-order valence-electron chi connectivity index (χ0n) is 14.5. The van der Waals surface area contributed by atoms with E-state index in [0.29, 0.717) is 10.6 Å². The molecule has 6 heteroatoms. The summed E-state index contributed by atoms with van der Waals surface area (Å²) in [6.45, 7) is 4.07. The quantitative estimate of drug-likeness (QED) is 0.827. The van der Waals surface area contributed by atoms with Gasteiger partial charge in [-0.2, -0.15) is 0 Å². The number of nitrogens with one attached hydrogen (secondary N) is 2. The average molecular weight is 377 g/mol. The van der Waals surface area contributed by atoms with Crippen molar-refractivity contribution in [1.82, 2.24) is 4.72 Å². The maximum Gasteiger partial charge on any atom is 0.240 e. The Balaban J connectivity index is 1.83. The first-order valence-corrected chi connectivity index (χ1v) is 11.0. The molecular formula is C19H24N2O2S2. The molecule has 1 aliphatic rings. The Bertz CT molecular complexity index is 820. The van der Waals surface area contributed by atoms with Gasteiger partial charge in [0, 0.05) is 22.4 Å². The second-order valence-electron chi connectivity index (χ2n) is 6.39. The average Bonchev–Trinajstić information content (AvgIpc) is 2.75. The molecule has 3 rings (SSSR count). The molecule has 2 aromatic carbocycles. The number of benzene rings is 2. The van der Waals surface area contributed by atoms with Crippen molar-refractivity contribution >= 4 is 27.5 Å². The Hall–Kier alpha value is -1.50. The summed E-state index contributed by atoms with van der Waals surface area (Å²) in [5.74, 6) is 0.708. The smallest absolute Gasteiger partial charge is 0.240 e. The largest absolute Gasteiger partial charge is 0.380 e. The third-order valence-corrected chi connectivity index (χ3v) is 7.07. The first-order valence-electron chi connectivity index (χ1n) is 8.57. The normalized spacial score (nSPS) is 20.4. The van der Waals surface area contributed by atoms with Crippen LogP contribution in [-0.4, -0.2) is 26.3 Å². The molecule has 0 bridgehead atoms. The zero-order valence-corrected chi connectivity index (χ0v) is 16.2. The van der Waals surface area contributed by atoms with Crippen LogP contribution in [0.3, 0.4) is 0 Å². The lowest BCUT2D eigenvalue weighted by Gasteiger charge is -2.26. The van der Waals surface area contributed by atoms with E-state index in [2.05, 4.69) is 29.1 Å². The second-order valence-corrected chi connectivity index (χ2v) is 9.16. The Morgan fingerprint density at radius 3 is 2.60 bits per heavy atom. The van der Waals surface area contributed by atoms with E-state index in [-0.39, 0.29) is 12.1 Å². The van der Waals surface area contributed by atoms with E-state index in [1.807, 2.05) is 31.2 Å². The predicted molar refractivity (Wildman–Crippen MR) is 105 cm³/mol. The molecule has 0 amide bonds. The van der Waals surface area contributed by atoms with Crippen LogP contribution in [0.15, 0.2) is 58.3 Å². The lowest BCUT2D eigenvalue weighted by Crippen LogP contribution is -2.47. The van der Waals surface area contributed by atoms with Gasteiger partial charge in [0.15, 0.2) is 0 Å². The molecule has 0 aliphatic carbocycles. The summed E-state index contributed by atoms with van der Waals surface area (Å²) < 4.78 is 28.5. The molecule has 25 heavy (non-hydrogen) atoms. The van der Waals surface area contributed by atoms with E-state index < -0.39 is 10.0 Å². The topological polar surface area (TPSA) is 58.2 Å². The van der Waals surface area contributed by atoms with Gasteiger partial charge < -0.3 is 5.32 Å². The number of aryl methyl sites for hydroxylation is 1. The van der Waals surface area contributed by atoms with E-state index in [1.54, 1.807) is 23.9 Å². The van der Waals surface area contributed by atoms with Crippen molar-refractivity contribution in [1.29, 1.82) is 0 Å². The molecule has 0 spiro atoms. The van der Waals surface area contributed by atoms with Crippen molar-refractivity contribution in [3.63, 3.8) is 0 Å². The van der Waals surface area contributed by atoms with Crippen molar-refractivity contribution in [3.8, 4) is 0 Å². The molecule has 1 aliphatic heterocycles. The fourth-order valence-electron chi connectivity index (χ4n) is 2.99. The number of rotatable bonds is 5. The zero-order chi connectivity index (χ0) is 17.9. The molecule has 2 N–H and O–H groups in total. The van der Waals surface area contributed by atoms with Crippen molar-refractivity contribution < 1.29 is 8.42 Å². The lowest BCUT2D eigenvalue weighted by atomic mass is 10.1. The molecule has 0 saturated carbocycles. The van der Waals surface area contributed by atoms with Crippen LogP contribution in [0.4, 0.5) is 5.69 Å². The fraction of sp³-hybridized carbons (Fsp3) is 0.368. The van der Waals surface area contributed by atoms with Crippen LogP contribution in [0.5, 0.6) is 0 Å². The minimum Gasteiger partial charge on any atom is -0.380 e. The van der Waals surface area contributed by atoms with Gasteiger partial charge in [0.05, 0.1) is 10.9 Å². The standard InChI is InChI=1S/C19H24N2O2S2/c1-3-6-16-18(13-24-19-8-5-4-7-17(19)20-16)21-25(22,23)15-11-9-14(2)10-12-15/h4-5,7-12,16,18,20-21H,3,6,13H2,1-2H3/t16-,18+/m1/s1. The second kappa shape index (κ2) is 7.81. The van der Waals surface area contributed by atoms with E-state index in [9.17, 15) is 8.42 Å². The Morgan fingerprint density at radius 2 is 1.88 bits per heavy atom. The maximum absolute atomic E-state index is 12.8. The summed E-state index contributed by atoms with van der Waals surface area (Å²) in [6.07, 6.45) is 1.91. The number of hydrogen-bond acceptors (Lipinski definition) is 4. The minimum atomic E-state index is -3.53. The van der Waals surface area contributed by atoms with E-state index in [4.69, 9.17) is 0 Å². The Morgan fingerprint density at radius 1 is 1.16 bits per heavy atom. The van der Waals surface area contributed by atoms with Gasteiger partial charge in [-0.3, -0.25) is 0 Å². The number of sulfonamides is 1. The van der Waals surface area contributed by atoms with Gasteiger partial charge in [0.25, 0.3) is 0 Å². The van der Waals surface area contributed by atoms with E-state index in [0.717, 1.165) is 24.1 Å². The van der Waals surface area contributed by atoms with Gasteiger partial charge >= 0.3 is 0 Å². The molecule has 2 aromatic rings. The molecule has 0 radical (unpaired) electrons. The molecule has 2 atom stereocenters. The highest BCUT2D eigenvalue weighted by Crippen LogP contribution is 2.33. The highest BCUT2D eigenvalue weighted by molar-refractivity contribution is 7.99. The third kappa shape index (κ3) is 4.37.